The lowest BCUT2D eigenvalue weighted by Crippen LogP contribution is -2.49. The molecule has 11 heteroatoms. The van der Waals surface area contributed by atoms with Crippen LogP contribution < -0.4 is 5.32 Å². The number of sulfonamides is 1. The van der Waals surface area contributed by atoms with Gasteiger partial charge in [0.15, 0.2) is 0 Å². The van der Waals surface area contributed by atoms with Gasteiger partial charge in [-0.05, 0) is 69.4 Å². The summed E-state index contributed by atoms with van der Waals surface area (Å²) in [6.07, 6.45) is 4.55. The Kier molecular flexibility index (Phi) is 9.29. The fourth-order valence-electron chi connectivity index (χ4n) is 5.16. The maximum atomic E-state index is 13.0. The van der Waals surface area contributed by atoms with Crippen LogP contribution in [0.15, 0.2) is 65.7 Å². The van der Waals surface area contributed by atoms with E-state index in [9.17, 15) is 13.2 Å². The van der Waals surface area contributed by atoms with Gasteiger partial charge in [0.1, 0.15) is 0 Å². The molecule has 0 aliphatic carbocycles. The summed E-state index contributed by atoms with van der Waals surface area (Å²) in [6.45, 7) is 6.45. The lowest BCUT2D eigenvalue weighted by atomic mass is 10.1. The monoisotopic (exact) mass is 577 g/mol. The van der Waals surface area contributed by atoms with E-state index in [-0.39, 0.29) is 5.91 Å². The van der Waals surface area contributed by atoms with E-state index in [4.69, 9.17) is 0 Å². The second-order valence-electron chi connectivity index (χ2n) is 10.9. The van der Waals surface area contributed by atoms with Crippen LogP contribution in [0.3, 0.4) is 0 Å². The number of nitrogens with one attached hydrogen (secondary N) is 1. The SMILES string of the molecule is CN(C)CCN1CCN(C(=O)c2ccc(Nc3nccc(-c4ccc(S(=O)(=O)N5CCCCC5)cc4)n3)cc2)CC1. The molecule has 0 unspecified atom stereocenters. The van der Waals surface area contributed by atoms with Gasteiger partial charge in [0.05, 0.1) is 10.6 Å². The minimum atomic E-state index is -3.48. The molecule has 2 saturated heterocycles. The van der Waals surface area contributed by atoms with Gasteiger partial charge in [-0.3, -0.25) is 9.69 Å². The highest BCUT2D eigenvalue weighted by atomic mass is 32.2. The first-order valence-corrected chi connectivity index (χ1v) is 15.7. The second-order valence-corrected chi connectivity index (χ2v) is 12.8. The summed E-state index contributed by atoms with van der Waals surface area (Å²) in [5.74, 6) is 0.466. The normalized spacial score (nSPS) is 17.1. The molecule has 3 heterocycles. The summed E-state index contributed by atoms with van der Waals surface area (Å²) >= 11 is 0. The number of anilines is 2. The molecule has 2 aliphatic heterocycles. The summed E-state index contributed by atoms with van der Waals surface area (Å²) in [6, 6.07) is 16.0. The van der Waals surface area contributed by atoms with E-state index >= 15 is 0 Å². The summed E-state index contributed by atoms with van der Waals surface area (Å²) in [5.41, 5.74) is 2.92. The Bertz CT molecular complexity index is 1420. The average Bonchev–Trinajstić information content (AvgIpc) is 3.01. The minimum Gasteiger partial charge on any atom is -0.336 e. The predicted molar refractivity (Wildman–Crippen MR) is 161 cm³/mol. The number of piperazine rings is 1. The van der Waals surface area contributed by atoms with Crippen LogP contribution in [0.5, 0.6) is 0 Å². The van der Waals surface area contributed by atoms with Crippen molar-refractivity contribution >= 4 is 27.6 Å². The number of hydrogen-bond acceptors (Lipinski definition) is 8. The Labute approximate surface area is 243 Å². The fourth-order valence-corrected chi connectivity index (χ4v) is 6.67. The molecule has 0 saturated carbocycles. The maximum absolute atomic E-state index is 13.0. The Balaban J connectivity index is 1.19. The van der Waals surface area contributed by atoms with E-state index in [2.05, 4.69) is 39.2 Å². The molecule has 0 bridgehead atoms. The highest BCUT2D eigenvalue weighted by Gasteiger charge is 2.26. The topological polar surface area (TPSA) is 102 Å². The minimum absolute atomic E-state index is 0.0489. The molecule has 0 atom stereocenters. The molecule has 2 fully saturated rings. The summed E-state index contributed by atoms with van der Waals surface area (Å²) in [4.78, 5) is 28.8. The van der Waals surface area contributed by atoms with Crippen molar-refractivity contribution in [3.05, 3.63) is 66.4 Å². The molecule has 2 aliphatic rings. The van der Waals surface area contributed by atoms with Crippen molar-refractivity contribution in [1.29, 1.82) is 0 Å². The summed E-state index contributed by atoms with van der Waals surface area (Å²) in [7, 11) is 0.675. The van der Waals surface area contributed by atoms with Gasteiger partial charge in [-0.25, -0.2) is 18.4 Å². The van der Waals surface area contributed by atoms with E-state index in [0.29, 0.717) is 35.2 Å². The van der Waals surface area contributed by atoms with Crippen molar-refractivity contribution in [2.45, 2.75) is 24.2 Å². The predicted octanol–water partition coefficient (Wildman–Crippen LogP) is 3.38. The standard InChI is InChI=1S/C30H39N7O3S/c1-34(2)18-19-35-20-22-36(23-21-35)29(38)25-6-10-26(11-7-25)32-30-31-15-14-28(33-30)24-8-12-27(13-9-24)41(39,40)37-16-4-3-5-17-37/h6-15H,3-5,16-23H2,1-2H3,(H,31,32,33). The lowest BCUT2D eigenvalue weighted by molar-refractivity contribution is 0.0629. The van der Waals surface area contributed by atoms with E-state index in [1.807, 2.05) is 29.2 Å². The van der Waals surface area contributed by atoms with Crippen molar-refractivity contribution in [2.24, 2.45) is 0 Å². The maximum Gasteiger partial charge on any atom is 0.253 e. The van der Waals surface area contributed by atoms with E-state index < -0.39 is 10.0 Å². The molecule has 41 heavy (non-hydrogen) atoms. The van der Waals surface area contributed by atoms with Crippen LogP contribution >= 0.6 is 0 Å². The molecule has 1 aromatic heterocycles. The number of likely N-dealkylation sites (N-methyl/N-ethyl adjacent to an activating group) is 1. The zero-order chi connectivity index (χ0) is 28.8. The van der Waals surface area contributed by atoms with Crippen LogP contribution in [0.1, 0.15) is 29.6 Å². The smallest absolute Gasteiger partial charge is 0.253 e. The second kappa shape index (κ2) is 13.1. The fraction of sp³-hybridized carbons (Fsp3) is 0.433. The molecule has 1 amide bonds. The number of benzene rings is 2. The van der Waals surface area contributed by atoms with Gasteiger partial charge >= 0.3 is 0 Å². The van der Waals surface area contributed by atoms with Gasteiger partial charge in [0, 0.05) is 75.4 Å². The quantitative estimate of drug-likeness (QED) is 0.413. The highest BCUT2D eigenvalue weighted by molar-refractivity contribution is 7.89. The van der Waals surface area contributed by atoms with Crippen molar-refractivity contribution < 1.29 is 13.2 Å². The lowest BCUT2D eigenvalue weighted by Gasteiger charge is -2.35. The number of nitrogens with zero attached hydrogens (tertiary/aromatic N) is 6. The van der Waals surface area contributed by atoms with Crippen molar-refractivity contribution in [3.8, 4) is 11.3 Å². The molecule has 1 N–H and O–H groups in total. The number of rotatable bonds is 9. The molecule has 3 aromatic rings. The Hall–Kier alpha value is -3.38. The van der Waals surface area contributed by atoms with Crippen LogP contribution in [0, 0.1) is 0 Å². The van der Waals surface area contributed by atoms with E-state index in [1.165, 1.54) is 0 Å². The van der Waals surface area contributed by atoms with Crippen LogP contribution in [-0.4, -0.2) is 110 Å². The first-order chi connectivity index (χ1) is 19.8. The molecule has 2 aromatic carbocycles. The molecule has 0 spiro atoms. The molecular formula is C30H39N7O3S. The van der Waals surface area contributed by atoms with Gasteiger partial charge in [0.25, 0.3) is 5.91 Å². The third-order valence-electron chi connectivity index (χ3n) is 7.67. The summed E-state index contributed by atoms with van der Waals surface area (Å²) < 4.78 is 27.5. The molecular weight excluding hydrogens is 538 g/mol. The largest absolute Gasteiger partial charge is 0.336 e. The van der Waals surface area contributed by atoms with Gasteiger partial charge in [-0.1, -0.05) is 18.6 Å². The molecule has 5 rings (SSSR count). The number of aromatic nitrogens is 2. The van der Waals surface area contributed by atoms with E-state index in [1.54, 1.807) is 40.8 Å². The van der Waals surface area contributed by atoms with Gasteiger partial charge in [-0.2, -0.15) is 4.31 Å². The zero-order valence-corrected chi connectivity index (χ0v) is 24.7. The van der Waals surface area contributed by atoms with Crippen molar-refractivity contribution in [1.82, 2.24) is 29.0 Å². The van der Waals surface area contributed by atoms with Crippen LogP contribution in [-0.2, 0) is 10.0 Å². The number of piperidine rings is 1. The first kappa shape index (κ1) is 29.1. The van der Waals surface area contributed by atoms with Gasteiger partial charge in [-0.15, -0.1) is 0 Å². The highest BCUT2D eigenvalue weighted by Crippen LogP contribution is 2.25. The number of carbonyl (C=O) groups is 1. The Morgan fingerprint density at radius 2 is 1.56 bits per heavy atom. The average molecular weight is 578 g/mol. The Morgan fingerprint density at radius 1 is 0.878 bits per heavy atom. The third kappa shape index (κ3) is 7.28. The van der Waals surface area contributed by atoms with Gasteiger partial charge in [0.2, 0.25) is 16.0 Å². The van der Waals surface area contributed by atoms with Crippen LogP contribution in [0.25, 0.3) is 11.3 Å². The number of hydrogen-bond donors (Lipinski definition) is 1. The zero-order valence-electron chi connectivity index (χ0n) is 23.9. The van der Waals surface area contributed by atoms with E-state index in [0.717, 1.165) is 69.8 Å². The number of amides is 1. The Morgan fingerprint density at radius 3 is 2.22 bits per heavy atom. The summed E-state index contributed by atoms with van der Waals surface area (Å²) in [5, 5.41) is 3.21. The first-order valence-electron chi connectivity index (χ1n) is 14.3. The van der Waals surface area contributed by atoms with Crippen LogP contribution in [0.2, 0.25) is 0 Å². The third-order valence-corrected chi connectivity index (χ3v) is 9.58. The van der Waals surface area contributed by atoms with Gasteiger partial charge < -0.3 is 15.1 Å². The van der Waals surface area contributed by atoms with Crippen molar-refractivity contribution in [3.63, 3.8) is 0 Å². The molecule has 0 radical (unpaired) electrons. The number of carbonyl (C=O) groups excluding carboxylic acids is 1. The van der Waals surface area contributed by atoms with Crippen molar-refractivity contribution in [2.75, 3.05) is 71.8 Å². The van der Waals surface area contributed by atoms with Crippen LogP contribution in [0.4, 0.5) is 11.6 Å². The molecule has 10 nitrogen and oxygen atoms in total. The molecule has 218 valence electrons.